The van der Waals surface area contributed by atoms with E-state index in [1.807, 2.05) is 27.7 Å². The monoisotopic (exact) mass is 244 g/mol. The third kappa shape index (κ3) is 3.09. The molecule has 94 valence electrons. The van der Waals surface area contributed by atoms with Crippen LogP contribution in [0.4, 0.5) is 0 Å². The van der Waals surface area contributed by atoms with Crippen LogP contribution in [0.5, 0.6) is 0 Å². The highest BCUT2D eigenvalue weighted by Gasteiger charge is 2.50. The lowest BCUT2D eigenvalue weighted by atomic mass is 9.66. The fourth-order valence-corrected chi connectivity index (χ4v) is 2.35. The van der Waals surface area contributed by atoms with E-state index in [0.717, 1.165) is 0 Å². The molecule has 3 nitrogen and oxygen atoms in total. The van der Waals surface area contributed by atoms with Crippen molar-refractivity contribution in [3.63, 3.8) is 0 Å². The smallest absolute Gasteiger partial charge is 0.320 e. The van der Waals surface area contributed by atoms with E-state index in [0.29, 0.717) is 6.61 Å². The molecule has 0 aromatic heterocycles. The lowest BCUT2D eigenvalue weighted by molar-refractivity contribution is -0.166. The SMILES string of the molecule is CCOC(=O)C(C(C)=O)(C(C)C)C(C)C.[AlH3]. The molecule has 0 saturated carbocycles. The van der Waals surface area contributed by atoms with E-state index < -0.39 is 5.41 Å². The molecule has 0 aliphatic heterocycles. The van der Waals surface area contributed by atoms with Crippen LogP contribution in [0, 0.1) is 17.3 Å². The normalized spacial score (nSPS) is 11.2. The number of esters is 1. The zero-order chi connectivity index (χ0) is 12.2. The van der Waals surface area contributed by atoms with Crippen molar-refractivity contribution in [2.75, 3.05) is 6.61 Å². The van der Waals surface area contributed by atoms with Crippen molar-refractivity contribution < 1.29 is 14.3 Å². The second kappa shape index (κ2) is 7.09. The molecular weight excluding hydrogens is 219 g/mol. The van der Waals surface area contributed by atoms with Crippen LogP contribution in [0.2, 0.25) is 0 Å². The predicted molar refractivity (Wildman–Crippen MR) is 69.4 cm³/mol. The average Bonchev–Trinajstić information content (AvgIpc) is 2.02. The lowest BCUT2D eigenvalue weighted by Crippen LogP contribution is -2.48. The largest absolute Gasteiger partial charge is 0.465 e. The minimum absolute atomic E-state index is 0. The van der Waals surface area contributed by atoms with Gasteiger partial charge in [-0.05, 0) is 25.7 Å². The number of hydrogen-bond donors (Lipinski definition) is 0. The van der Waals surface area contributed by atoms with Crippen LogP contribution < -0.4 is 0 Å². The van der Waals surface area contributed by atoms with Crippen LogP contribution in [-0.2, 0) is 14.3 Å². The predicted octanol–water partition coefficient (Wildman–Crippen LogP) is 1.25. The molecule has 0 saturated heterocycles. The van der Waals surface area contributed by atoms with Crippen LogP contribution in [0.3, 0.4) is 0 Å². The third-order valence-corrected chi connectivity index (χ3v) is 3.02. The molecule has 0 amide bonds. The van der Waals surface area contributed by atoms with Crippen molar-refractivity contribution >= 4 is 29.1 Å². The van der Waals surface area contributed by atoms with E-state index in [1.54, 1.807) is 6.92 Å². The molecule has 0 rings (SSSR count). The van der Waals surface area contributed by atoms with Crippen molar-refractivity contribution in [3.8, 4) is 0 Å². The van der Waals surface area contributed by atoms with Crippen LogP contribution >= 0.6 is 0 Å². The summed E-state index contributed by atoms with van der Waals surface area (Å²) in [6.45, 7) is 11.1. The number of carbonyl (C=O) groups is 2. The van der Waals surface area contributed by atoms with E-state index in [2.05, 4.69) is 0 Å². The topological polar surface area (TPSA) is 43.4 Å². The first-order chi connectivity index (χ1) is 6.81. The Balaban J connectivity index is 0. The summed E-state index contributed by atoms with van der Waals surface area (Å²) in [7, 11) is 0. The molecule has 0 aliphatic rings. The quantitative estimate of drug-likeness (QED) is 0.415. The lowest BCUT2D eigenvalue weighted by Gasteiger charge is -2.36. The third-order valence-electron chi connectivity index (χ3n) is 3.02. The summed E-state index contributed by atoms with van der Waals surface area (Å²) in [6.07, 6.45) is 0. The zero-order valence-corrected chi connectivity index (χ0v) is 10.6. The van der Waals surface area contributed by atoms with Gasteiger partial charge in [-0.2, -0.15) is 0 Å². The number of rotatable bonds is 5. The maximum atomic E-state index is 11.9. The molecule has 0 unspecified atom stereocenters. The summed E-state index contributed by atoms with van der Waals surface area (Å²) < 4.78 is 5.03. The Morgan fingerprint density at radius 2 is 1.50 bits per heavy atom. The highest BCUT2D eigenvalue weighted by Crippen LogP contribution is 2.38. The van der Waals surface area contributed by atoms with Crippen LogP contribution in [0.25, 0.3) is 0 Å². The molecule has 0 N–H and O–H groups in total. The summed E-state index contributed by atoms with van der Waals surface area (Å²) in [5, 5.41) is 0. The first-order valence-corrected chi connectivity index (χ1v) is 5.49. The standard InChI is InChI=1S/C12H22O3.Al.3H/c1-7-15-11(14)12(8(2)3,9(4)5)10(6)13;;;;/h8-9H,7H2,1-6H3;;;;. The molecule has 0 fully saturated rings. The van der Waals surface area contributed by atoms with Crippen LogP contribution in [-0.4, -0.2) is 35.7 Å². The summed E-state index contributed by atoms with van der Waals surface area (Å²) in [5.41, 5.74) is -0.990. The Kier molecular flexibility index (Phi) is 7.99. The molecule has 0 atom stereocenters. The molecule has 0 radical (unpaired) electrons. The maximum absolute atomic E-state index is 11.9. The van der Waals surface area contributed by atoms with Gasteiger partial charge in [0.2, 0.25) is 0 Å². The summed E-state index contributed by atoms with van der Waals surface area (Å²) in [5.74, 6) is -0.587. The summed E-state index contributed by atoms with van der Waals surface area (Å²) in [6, 6.07) is 0. The molecular formula is C12H25AlO3. The average molecular weight is 244 g/mol. The van der Waals surface area contributed by atoms with Gasteiger partial charge in [0, 0.05) is 0 Å². The minimum Gasteiger partial charge on any atom is -0.465 e. The summed E-state index contributed by atoms with van der Waals surface area (Å²) in [4.78, 5) is 23.7. The molecule has 0 aromatic rings. The number of carbonyl (C=O) groups excluding carboxylic acids is 2. The Bertz CT molecular complexity index is 239. The molecule has 16 heavy (non-hydrogen) atoms. The Labute approximate surface area is 109 Å². The fraction of sp³-hybridized carbons (Fsp3) is 0.833. The first-order valence-electron chi connectivity index (χ1n) is 5.49. The van der Waals surface area contributed by atoms with Gasteiger partial charge in [0.25, 0.3) is 0 Å². The molecule has 0 aliphatic carbocycles. The van der Waals surface area contributed by atoms with Crippen molar-refractivity contribution in [3.05, 3.63) is 0 Å². The highest BCUT2D eigenvalue weighted by atomic mass is 27.0. The minimum atomic E-state index is -0.990. The molecule has 0 spiro atoms. The first kappa shape index (κ1) is 18.0. The van der Waals surface area contributed by atoms with Crippen molar-refractivity contribution in [2.45, 2.75) is 41.5 Å². The van der Waals surface area contributed by atoms with Crippen LogP contribution in [0.1, 0.15) is 41.5 Å². The molecule has 0 heterocycles. The van der Waals surface area contributed by atoms with E-state index in [4.69, 9.17) is 4.74 Å². The Morgan fingerprint density at radius 3 is 1.69 bits per heavy atom. The van der Waals surface area contributed by atoms with Gasteiger partial charge in [-0.3, -0.25) is 9.59 Å². The maximum Gasteiger partial charge on any atom is 0.320 e. The van der Waals surface area contributed by atoms with E-state index in [1.165, 1.54) is 6.92 Å². The molecule has 4 heteroatoms. The van der Waals surface area contributed by atoms with Gasteiger partial charge < -0.3 is 4.74 Å². The van der Waals surface area contributed by atoms with Crippen molar-refractivity contribution in [1.29, 1.82) is 0 Å². The van der Waals surface area contributed by atoms with Gasteiger partial charge in [0.05, 0.1) is 6.61 Å². The van der Waals surface area contributed by atoms with E-state index in [-0.39, 0.29) is 40.9 Å². The Hall–Kier alpha value is -0.328. The van der Waals surface area contributed by atoms with E-state index in [9.17, 15) is 9.59 Å². The molecule has 0 bridgehead atoms. The van der Waals surface area contributed by atoms with Gasteiger partial charge in [0.1, 0.15) is 11.2 Å². The van der Waals surface area contributed by atoms with Gasteiger partial charge in [-0.1, -0.05) is 27.7 Å². The fourth-order valence-electron chi connectivity index (χ4n) is 2.35. The number of Topliss-reactive ketones (excluding diaryl/α,β-unsaturated/α-hetero) is 1. The second-order valence-electron chi connectivity index (χ2n) is 4.46. The number of ketones is 1. The van der Waals surface area contributed by atoms with Crippen LogP contribution in [0.15, 0.2) is 0 Å². The van der Waals surface area contributed by atoms with Gasteiger partial charge in [-0.15, -0.1) is 0 Å². The number of ether oxygens (including phenoxy) is 1. The highest BCUT2D eigenvalue weighted by molar-refractivity contribution is 6.03. The van der Waals surface area contributed by atoms with E-state index >= 15 is 0 Å². The number of hydrogen-bond acceptors (Lipinski definition) is 3. The summed E-state index contributed by atoms with van der Waals surface area (Å²) >= 11 is 0. The Morgan fingerprint density at radius 1 is 1.12 bits per heavy atom. The van der Waals surface area contributed by atoms with Gasteiger partial charge >= 0.3 is 5.97 Å². The van der Waals surface area contributed by atoms with Crippen molar-refractivity contribution in [1.82, 2.24) is 0 Å². The second-order valence-corrected chi connectivity index (χ2v) is 4.46. The van der Waals surface area contributed by atoms with Crippen molar-refractivity contribution in [2.24, 2.45) is 17.3 Å². The zero-order valence-electron chi connectivity index (χ0n) is 10.6. The van der Waals surface area contributed by atoms with Gasteiger partial charge in [0.15, 0.2) is 17.4 Å². The van der Waals surface area contributed by atoms with Gasteiger partial charge in [-0.25, -0.2) is 0 Å². The molecule has 0 aromatic carbocycles.